The van der Waals surface area contributed by atoms with E-state index in [1.807, 2.05) is 24.3 Å². The number of ether oxygens (including phenoxy) is 1. The second kappa shape index (κ2) is 10.2. The largest absolute Gasteiger partial charge is 0.497 e. The Morgan fingerprint density at radius 1 is 1.11 bits per heavy atom. The lowest BCUT2D eigenvalue weighted by atomic mass is 10.0. The van der Waals surface area contributed by atoms with Crippen molar-refractivity contribution in [1.29, 1.82) is 0 Å². The highest BCUT2D eigenvalue weighted by Gasteiger charge is 2.23. The number of nitrogens with one attached hydrogen (secondary N) is 1. The van der Waals surface area contributed by atoms with E-state index in [4.69, 9.17) is 4.74 Å². The molecule has 1 aromatic rings. The molecule has 2 aliphatic heterocycles. The van der Waals surface area contributed by atoms with Crippen molar-refractivity contribution in [1.82, 2.24) is 15.2 Å². The van der Waals surface area contributed by atoms with Crippen molar-refractivity contribution in [2.75, 3.05) is 39.8 Å². The molecule has 0 saturated carbocycles. The predicted octanol–water partition coefficient (Wildman–Crippen LogP) is 2.01. The number of likely N-dealkylation sites (tertiary alicyclic amines) is 1. The molecular formula is C21H30N4O3. The average Bonchev–Trinajstić information content (AvgIpc) is 2.99. The summed E-state index contributed by atoms with van der Waals surface area (Å²) < 4.78 is 5.17. The zero-order valence-electron chi connectivity index (χ0n) is 16.7. The average molecular weight is 386 g/mol. The number of hydrazone groups is 1. The van der Waals surface area contributed by atoms with Crippen molar-refractivity contribution in [3.8, 4) is 5.75 Å². The van der Waals surface area contributed by atoms with Gasteiger partial charge in [-0.15, -0.1) is 0 Å². The van der Waals surface area contributed by atoms with Crippen LogP contribution in [-0.2, 0) is 9.59 Å². The zero-order valence-corrected chi connectivity index (χ0v) is 16.7. The van der Waals surface area contributed by atoms with Crippen LogP contribution in [0.1, 0.15) is 44.1 Å². The highest BCUT2D eigenvalue weighted by molar-refractivity contribution is 6.04. The van der Waals surface area contributed by atoms with Gasteiger partial charge in [0.05, 0.1) is 12.8 Å². The third-order valence-electron chi connectivity index (χ3n) is 5.27. The van der Waals surface area contributed by atoms with Gasteiger partial charge in [0.2, 0.25) is 11.8 Å². The van der Waals surface area contributed by atoms with E-state index in [0.717, 1.165) is 36.7 Å². The first kappa shape index (κ1) is 20.3. The minimum absolute atomic E-state index is 0.0293. The summed E-state index contributed by atoms with van der Waals surface area (Å²) in [6.07, 6.45) is 6.02. The molecule has 0 aromatic heterocycles. The summed E-state index contributed by atoms with van der Waals surface area (Å²) in [6, 6.07) is 7.59. The predicted molar refractivity (Wildman–Crippen MR) is 108 cm³/mol. The number of hydrogen-bond donors (Lipinski definition) is 1. The third kappa shape index (κ3) is 5.79. The van der Waals surface area contributed by atoms with Crippen LogP contribution in [-0.4, -0.2) is 67.3 Å². The summed E-state index contributed by atoms with van der Waals surface area (Å²) in [7, 11) is 1.62. The lowest BCUT2D eigenvalue weighted by Crippen LogP contribution is -2.42. The van der Waals surface area contributed by atoms with Crippen LogP contribution in [0.2, 0.25) is 0 Å². The SMILES string of the molecule is COc1ccc(C2=NN(CC(=O)NCCN3CCCCCC3)C(=O)CC2)cc1. The fraction of sp³-hybridized carbons (Fsp3) is 0.571. The molecule has 0 bridgehead atoms. The van der Waals surface area contributed by atoms with Crippen LogP contribution in [0, 0.1) is 0 Å². The molecule has 2 amide bonds. The number of carbonyl (C=O) groups excluding carboxylic acids is 2. The van der Waals surface area contributed by atoms with E-state index in [1.165, 1.54) is 30.7 Å². The maximum Gasteiger partial charge on any atom is 0.243 e. The highest BCUT2D eigenvalue weighted by Crippen LogP contribution is 2.18. The Morgan fingerprint density at radius 2 is 1.82 bits per heavy atom. The van der Waals surface area contributed by atoms with Crippen LogP contribution < -0.4 is 10.1 Å². The molecule has 2 aliphatic rings. The quantitative estimate of drug-likeness (QED) is 0.778. The van der Waals surface area contributed by atoms with Gasteiger partial charge in [-0.3, -0.25) is 9.59 Å². The lowest BCUT2D eigenvalue weighted by Gasteiger charge is -2.24. The van der Waals surface area contributed by atoms with E-state index in [1.54, 1.807) is 7.11 Å². The van der Waals surface area contributed by atoms with Gasteiger partial charge in [0.15, 0.2) is 0 Å². The van der Waals surface area contributed by atoms with Crippen LogP contribution in [0.3, 0.4) is 0 Å². The number of carbonyl (C=O) groups is 2. The maximum absolute atomic E-state index is 12.3. The molecule has 1 N–H and O–H groups in total. The van der Waals surface area contributed by atoms with Crippen LogP contribution in [0.4, 0.5) is 0 Å². The number of amides is 2. The minimum Gasteiger partial charge on any atom is -0.497 e. The minimum atomic E-state index is -0.164. The van der Waals surface area contributed by atoms with Gasteiger partial charge in [-0.2, -0.15) is 5.10 Å². The molecule has 3 rings (SSSR count). The highest BCUT2D eigenvalue weighted by atomic mass is 16.5. The van der Waals surface area contributed by atoms with Gasteiger partial charge in [-0.1, -0.05) is 12.8 Å². The Morgan fingerprint density at radius 3 is 2.50 bits per heavy atom. The standard InChI is InChI=1S/C21H30N4O3/c1-28-18-8-6-17(7-9-18)19-10-11-21(27)25(23-19)16-20(26)22-12-15-24-13-4-2-3-5-14-24/h6-9H,2-5,10-16H2,1H3,(H,22,26). The summed E-state index contributed by atoms with van der Waals surface area (Å²) in [5.41, 5.74) is 1.76. The molecule has 0 spiro atoms. The summed E-state index contributed by atoms with van der Waals surface area (Å²) in [5.74, 6) is 0.500. The topological polar surface area (TPSA) is 74.2 Å². The van der Waals surface area contributed by atoms with E-state index >= 15 is 0 Å². The number of nitrogens with zero attached hydrogens (tertiary/aromatic N) is 3. The monoisotopic (exact) mass is 386 g/mol. The molecule has 7 nitrogen and oxygen atoms in total. The Bertz CT molecular complexity index is 694. The molecule has 0 radical (unpaired) electrons. The van der Waals surface area contributed by atoms with E-state index in [2.05, 4.69) is 15.3 Å². The van der Waals surface area contributed by atoms with Crippen molar-refractivity contribution >= 4 is 17.5 Å². The van der Waals surface area contributed by atoms with E-state index in [0.29, 0.717) is 19.4 Å². The molecule has 1 fully saturated rings. The van der Waals surface area contributed by atoms with Crippen molar-refractivity contribution < 1.29 is 14.3 Å². The number of rotatable bonds is 7. The van der Waals surface area contributed by atoms with Crippen molar-refractivity contribution in [2.24, 2.45) is 5.10 Å². The van der Waals surface area contributed by atoms with Gasteiger partial charge in [0.25, 0.3) is 0 Å². The van der Waals surface area contributed by atoms with Gasteiger partial charge >= 0.3 is 0 Å². The first-order chi connectivity index (χ1) is 13.7. The first-order valence-corrected chi connectivity index (χ1v) is 10.2. The van der Waals surface area contributed by atoms with Gasteiger partial charge in [-0.05, 0) is 55.8 Å². The van der Waals surface area contributed by atoms with E-state index in [9.17, 15) is 9.59 Å². The Kier molecular flexibility index (Phi) is 7.42. The smallest absolute Gasteiger partial charge is 0.243 e. The molecule has 0 unspecified atom stereocenters. The maximum atomic E-state index is 12.3. The second-order valence-corrected chi connectivity index (χ2v) is 7.33. The fourth-order valence-electron chi connectivity index (χ4n) is 3.62. The molecular weight excluding hydrogens is 356 g/mol. The molecule has 0 aliphatic carbocycles. The van der Waals surface area contributed by atoms with Crippen molar-refractivity contribution in [2.45, 2.75) is 38.5 Å². The van der Waals surface area contributed by atoms with Crippen LogP contribution in [0.5, 0.6) is 5.75 Å². The molecule has 7 heteroatoms. The molecule has 0 atom stereocenters. The number of benzene rings is 1. The Labute approximate surface area is 166 Å². The lowest BCUT2D eigenvalue weighted by molar-refractivity contribution is -0.136. The third-order valence-corrected chi connectivity index (χ3v) is 5.27. The van der Waals surface area contributed by atoms with Crippen LogP contribution in [0.25, 0.3) is 0 Å². The van der Waals surface area contributed by atoms with Crippen molar-refractivity contribution in [3.63, 3.8) is 0 Å². The molecule has 2 heterocycles. The second-order valence-electron chi connectivity index (χ2n) is 7.33. The van der Waals surface area contributed by atoms with Crippen molar-refractivity contribution in [3.05, 3.63) is 29.8 Å². The molecule has 1 saturated heterocycles. The van der Waals surface area contributed by atoms with E-state index in [-0.39, 0.29) is 18.4 Å². The normalized spacial score (nSPS) is 18.4. The van der Waals surface area contributed by atoms with Gasteiger partial charge in [0, 0.05) is 25.9 Å². The summed E-state index contributed by atoms with van der Waals surface area (Å²) in [4.78, 5) is 26.9. The summed E-state index contributed by atoms with van der Waals surface area (Å²) >= 11 is 0. The van der Waals surface area contributed by atoms with Crippen LogP contribution >= 0.6 is 0 Å². The summed E-state index contributed by atoms with van der Waals surface area (Å²) in [5, 5.41) is 8.65. The number of hydrogen-bond acceptors (Lipinski definition) is 5. The van der Waals surface area contributed by atoms with Gasteiger partial charge < -0.3 is 15.0 Å². The van der Waals surface area contributed by atoms with E-state index < -0.39 is 0 Å². The first-order valence-electron chi connectivity index (χ1n) is 10.2. The van der Waals surface area contributed by atoms with Gasteiger partial charge in [0.1, 0.15) is 12.3 Å². The molecule has 1 aromatic carbocycles. The van der Waals surface area contributed by atoms with Gasteiger partial charge in [-0.25, -0.2) is 5.01 Å². The number of methoxy groups -OCH3 is 1. The fourth-order valence-corrected chi connectivity index (χ4v) is 3.62. The Balaban J connectivity index is 1.51. The van der Waals surface area contributed by atoms with Crippen LogP contribution in [0.15, 0.2) is 29.4 Å². The Hall–Kier alpha value is -2.41. The molecule has 152 valence electrons. The summed E-state index contributed by atoms with van der Waals surface area (Å²) in [6.45, 7) is 3.65. The molecule has 28 heavy (non-hydrogen) atoms. The zero-order chi connectivity index (χ0) is 19.8.